The first kappa shape index (κ1) is 12.4. The lowest BCUT2D eigenvalue weighted by atomic mass is 10.5. The van der Waals surface area contributed by atoms with Gasteiger partial charge in [-0.25, -0.2) is 0 Å². The van der Waals surface area contributed by atoms with E-state index in [2.05, 4.69) is 26.6 Å². The summed E-state index contributed by atoms with van der Waals surface area (Å²) >= 11 is 0. The minimum absolute atomic E-state index is 0.115. The molecule has 0 bridgehead atoms. The van der Waals surface area contributed by atoms with Gasteiger partial charge in [-0.1, -0.05) is 6.92 Å². The summed E-state index contributed by atoms with van der Waals surface area (Å²) in [7, 11) is -3.56. The van der Waals surface area contributed by atoms with Crippen molar-refractivity contribution in [3.05, 3.63) is 0 Å². The van der Waals surface area contributed by atoms with E-state index < -0.39 is 16.6 Å². The van der Waals surface area contributed by atoms with Crippen LogP contribution in [0, 0.1) is 0 Å². The molecule has 12 heavy (non-hydrogen) atoms. The Morgan fingerprint density at radius 3 is 1.67 bits per heavy atom. The van der Waals surface area contributed by atoms with Gasteiger partial charge in [0.05, 0.1) is 5.73 Å². The quantitative estimate of drug-likeness (QED) is 0.716. The first-order valence-electron chi connectivity index (χ1n) is 4.57. The van der Waals surface area contributed by atoms with Crippen LogP contribution in [0.25, 0.3) is 0 Å². The standard InChI is InChI=1S/C8H22O2Si2/c1-7-8(12(5,6)9)10-11(2,3)4/h8-9H,7H2,1-6H3. The normalized spacial score (nSPS) is 16.2. The zero-order valence-electron chi connectivity index (χ0n) is 9.14. The van der Waals surface area contributed by atoms with Gasteiger partial charge in [0.2, 0.25) is 8.32 Å². The minimum atomic E-state index is -2.08. The van der Waals surface area contributed by atoms with Crippen molar-refractivity contribution in [1.29, 1.82) is 0 Å². The summed E-state index contributed by atoms with van der Waals surface area (Å²) in [6.45, 7) is 12.5. The fraction of sp³-hybridized carbons (Fsp3) is 1.00. The SMILES string of the molecule is CCC(O[Si](C)(C)C)[Si](C)(C)O. The summed E-state index contributed by atoms with van der Waals surface area (Å²) in [5.74, 6) is 0. The molecule has 4 heteroatoms. The van der Waals surface area contributed by atoms with Gasteiger partial charge < -0.3 is 9.22 Å². The van der Waals surface area contributed by atoms with Gasteiger partial charge in [0.1, 0.15) is 0 Å². The maximum Gasteiger partial charge on any atom is 0.209 e. The Kier molecular flexibility index (Phi) is 4.16. The predicted molar refractivity (Wildman–Crippen MR) is 58.2 cm³/mol. The Morgan fingerprint density at radius 2 is 1.58 bits per heavy atom. The largest absolute Gasteiger partial charge is 0.430 e. The molecule has 0 rings (SSSR count). The first-order chi connectivity index (χ1) is 5.17. The van der Waals surface area contributed by atoms with Gasteiger partial charge in [0.25, 0.3) is 0 Å². The van der Waals surface area contributed by atoms with Crippen molar-refractivity contribution in [2.24, 2.45) is 0 Å². The lowest BCUT2D eigenvalue weighted by Crippen LogP contribution is -2.48. The van der Waals surface area contributed by atoms with Crippen molar-refractivity contribution in [1.82, 2.24) is 0 Å². The van der Waals surface area contributed by atoms with Crippen molar-refractivity contribution in [2.75, 3.05) is 0 Å². The zero-order valence-corrected chi connectivity index (χ0v) is 11.1. The lowest BCUT2D eigenvalue weighted by molar-refractivity contribution is 0.235. The van der Waals surface area contributed by atoms with Crippen LogP contribution in [0.5, 0.6) is 0 Å². The molecule has 0 spiro atoms. The summed E-state index contributed by atoms with van der Waals surface area (Å²) in [5.41, 5.74) is 0.115. The van der Waals surface area contributed by atoms with E-state index in [-0.39, 0.29) is 5.73 Å². The van der Waals surface area contributed by atoms with Crippen molar-refractivity contribution < 1.29 is 9.22 Å². The van der Waals surface area contributed by atoms with E-state index in [1.807, 2.05) is 13.1 Å². The predicted octanol–water partition coefficient (Wildman–Crippen LogP) is 2.35. The Bertz CT molecular complexity index is 135. The molecule has 0 amide bonds. The molecule has 0 fully saturated rings. The average molecular weight is 206 g/mol. The van der Waals surface area contributed by atoms with E-state index in [1.165, 1.54) is 0 Å². The van der Waals surface area contributed by atoms with Crippen molar-refractivity contribution in [2.45, 2.75) is 51.8 Å². The summed E-state index contributed by atoms with van der Waals surface area (Å²) in [6.07, 6.45) is 0.931. The fourth-order valence-electron chi connectivity index (χ4n) is 1.15. The van der Waals surface area contributed by atoms with Gasteiger partial charge in [0.15, 0.2) is 8.32 Å². The molecule has 0 aliphatic carbocycles. The second-order valence-corrected chi connectivity index (χ2v) is 13.2. The molecule has 0 aliphatic heterocycles. The molecular formula is C8H22O2Si2. The molecule has 0 saturated carbocycles. The zero-order chi connectivity index (χ0) is 9.99. The Labute approximate surface area is 78.2 Å². The maximum atomic E-state index is 9.88. The monoisotopic (exact) mass is 206 g/mol. The molecule has 0 saturated heterocycles. The maximum absolute atomic E-state index is 9.88. The van der Waals surface area contributed by atoms with Gasteiger partial charge in [0, 0.05) is 0 Å². The number of rotatable bonds is 4. The topological polar surface area (TPSA) is 29.5 Å². The van der Waals surface area contributed by atoms with Gasteiger partial charge >= 0.3 is 0 Å². The van der Waals surface area contributed by atoms with Gasteiger partial charge in [-0.3, -0.25) is 0 Å². The molecule has 2 nitrogen and oxygen atoms in total. The molecule has 0 aromatic carbocycles. The average Bonchev–Trinajstić information content (AvgIpc) is 1.78. The summed E-state index contributed by atoms with van der Waals surface area (Å²) in [5, 5.41) is 0. The van der Waals surface area contributed by atoms with Crippen LogP contribution in [0.2, 0.25) is 32.7 Å². The molecule has 1 unspecified atom stereocenters. The van der Waals surface area contributed by atoms with E-state index in [4.69, 9.17) is 4.43 Å². The Hall–Kier alpha value is 0.354. The first-order valence-corrected chi connectivity index (χ1v) is 11.0. The fourth-order valence-corrected chi connectivity index (χ4v) is 5.39. The third-order valence-corrected chi connectivity index (χ3v) is 4.98. The second-order valence-electron chi connectivity index (χ2n) is 4.78. The highest BCUT2D eigenvalue weighted by Gasteiger charge is 2.33. The summed E-state index contributed by atoms with van der Waals surface area (Å²) in [6, 6.07) is 0. The van der Waals surface area contributed by atoms with E-state index in [0.717, 1.165) is 6.42 Å². The number of hydrogen-bond donors (Lipinski definition) is 1. The smallest absolute Gasteiger partial charge is 0.209 e. The highest BCUT2D eigenvalue weighted by atomic mass is 28.4. The van der Waals surface area contributed by atoms with Crippen molar-refractivity contribution in [3.63, 3.8) is 0 Å². The molecule has 0 heterocycles. The molecule has 1 atom stereocenters. The number of hydrogen-bond acceptors (Lipinski definition) is 2. The van der Waals surface area contributed by atoms with Gasteiger partial charge in [-0.2, -0.15) is 0 Å². The third-order valence-electron chi connectivity index (χ3n) is 1.65. The lowest BCUT2D eigenvalue weighted by Gasteiger charge is -2.32. The van der Waals surface area contributed by atoms with Crippen molar-refractivity contribution in [3.8, 4) is 0 Å². The molecule has 0 aromatic rings. The molecule has 0 radical (unpaired) electrons. The summed E-state index contributed by atoms with van der Waals surface area (Å²) < 4.78 is 5.90. The Morgan fingerprint density at radius 1 is 1.17 bits per heavy atom. The molecule has 1 N–H and O–H groups in total. The van der Waals surface area contributed by atoms with Gasteiger partial charge in [-0.15, -0.1) is 0 Å². The molecule has 0 aliphatic rings. The van der Waals surface area contributed by atoms with Crippen LogP contribution in [-0.4, -0.2) is 27.2 Å². The van der Waals surface area contributed by atoms with Crippen LogP contribution >= 0.6 is 0 Å². The Balaban J connectivity index is 4.20. The molecule has 0 aromatic heterocycles. The van der Waals surface area contributed by atoms with Crippen LogP contribution < -0.4 is 0 Å². The van der Waals surface area contributed by atoms with Crippen LogP contribution in [-0.2, 0) is 4.43 Å². The third kappa shape index (κ3) is 5.08. The highest BCUT2D eigenvalue weighted by molar-refractivity contribution is 6.74. The van der Waals surface area contributed by atoms with Crippen LogP contribution in [0.1, 0.15) is 13.3 Å². The highest BCUT2D eigenvalue weighted by Crippen LogP contribution is 2.17. The van der Waals surface area contributed by atoms with E-state index in [1.54, 1.807) is 0 Å². The van der Waals surface area contributed by atoms with Gasteiger partial charge in [-0.05, 0) is 39.2 Å². The van der Waals surface area contributed by atoms with Crippen LogP contribution in [0.4, 0.5) is 0 Å². The van der Waals surface area contributed by atoms with E-state index in [0.29, 0.717) is 0 Å². The minimum Gasteiger partial charge on any atom is -0.430 e. The second kappa shape index (κ2) is 4.04. The van der Waals surface area contributed by atoms with E-state index >= 15 is 0 Å². The molecular weight excluding hydrogens is 184 g/mol. The van der Waals surface area contributed by atoms with Crippen LogP contribution in [0.15, 0.2) is 0 Å². The van der Waals surface area contributed by atoms with Crippen LogP contribution in [0.3, 0.4) is 0 Å². The summed E-state index contributed by atoms with van der Waals surface area (Å²) in [4.78, 5) is 9.88. The van der Waals surface area contributed by atoms with E-state index in [9.17, 15) is 4.80 Å². The van der Waals surface area contributed by atoms with Crippen molar-refractivity contribution >= 4 is 16.6 Å². The molecule has 74 valence electrons.